The molecule has 7 nitrogen and oxygen atoms in total. The number of rotatable bonds is 5. The van der Waals surface area contributed by atoms with Crippen molar-refractivity contribution in [2.45, 2.75) is 44.4 Å². The molecule has 1 aromatic heterocycles. The number of amides is 2. The van der Waals surface area contributed by atoms with Gasteiger partial charge in [-0.15, -0.1) is 0 Å². The lowest BCUT2D eigenvalue weighted by molar-refractivity contribution is -0.137. The van der Waals surface area contributed by atoms with E-state index in [4.69, 9.17) is 5.26 Å². The number of benzene rings is 1. The van der Waals surface area contributed by atoms with Gasteiger partial charge in [0.05, 0.1) is 23.4 Å². The topological polar surface area (TPSA) is 108 Å². The van der Waals surface area contributed by atoms with E-state index >= 15 is 0 Å². The highest BCUT2D eigenvalue weighted by atomic mass is 19.4. The van der Waals surface area contributed by atoms with Gasteiger partial charge < -0.3 is 10.6 Å². The Morgan fingerprint density at radius 3 is 2.43 bits per heavy atom. The van der Waals surface area contributed by atoms with Gasteiger partial charge in [-0.3, -0.25) is 14.6 Å². The fourth-order valence-electron chi connectivity index (χ4n) is 2.93. The number of halogens is 3. The Labute approximate surface area is 170 Å². The fourth-order valence-corrected chi connectivity index (χ4v) is 2.93. The van der Waals surface area contributed by atoms with Gasteiger partial charge in [-0.05, 0) is 50.5 Å². The maximum atomic E-state index is 13.0. The van der Waals surface area contributed by atoms with Crippen molar-refractivity contribution in [3.05, 3.63) is 58.7 Å². The molecule has 30 heavy (non-hydrogen) atoms. The number of hydrogen-bond donors (Lipinski definition) is 2. The first-order chi connectivity index (χ1) is 14.0. The van der Waals surface area contributed by atoms with Gasteiger partial charge in [-0.1, -0.05) is 0 Å². The maximum absolute atomic E-state index is 13.0. The predicted octanol–water partition coefficient (Wildman–Crippen LogP) is 3.08. The highest BCUT2D eigenvalue weighted by molar-refractivity contribution is 5.96. The zero-order valence-corrected chi connectivity index (χ0v) is 16.2. The van der Waals surface area contributed by atoms with Crippen molar-refractivity contribution in [3.63, 3.8) is 0 Å². The molecule has 0 saturated heterocycles. The van der Waals surface area contributed by atoms with Crippen LogP contribution >= 0.6 is 0 Å². The molecule has 2 aromatic rings. The van der Waals surface area contributed by atoms with Crippen LogP contribution in [-0.4, -0.2) is 27.3 Å². The Hall–Kier alpha value is -3.48. The third kappa shape index (κ3) is 4.56. The number of nitriles is 1. The van der Waals surface area contributed by atoms with Gasteiger partial charge in [0.25, 0.3) is 11.8 Å². The average Bonchev–Trinajstić information content (AvgIpc) is 3.46. The number of aromatic nitrogens is 2. The molecule has 1 atom stereocenters. The zero-order valence-electron chi connectivity index (χ0n) is 16.2. The van der Waals surface area contributed by atoms with Gasteiger partial charge >= 0.3 is 6.18 Å². The molecule has 0 radical (unpaired) electrons. The second kappa shape index (κ2) is 7.74. The van der Waals surface area contributed by atoms with Crippen LogP contribution in [0.1, 0.15) is 63.5 Å². The maximum Gasteiger partial charge on any atom is 0.416 e. The van der Waals surface area contributed by atoms with E-state index in [0.29, 0.717) is 12.8 Å². The van der Waals surface area contributed by atoms with Gasteiger partial charge in [-0.25, -0.2) is 4.98 Å². The first kappa shape index (κ1) is 21.2. The lowest BCUT2D eigenvalue weighted by Gasteiger charge is -2.17. The number of carbonyl (C=O) groups is 2. The lowest BCUT2D eigenvalue weighted by Crippen LogP contribution is -2.38. The van der Waals surface area contributed by atoms with Crippen LogP contribution in [0.3, 0.4) is 0 Å². The summed E-state index contributed by atoms with van der Waals surface area (Å²) in [5, 5.41) is 14.3. The largest absolute Gasteiger partial charge is 0.416 e. The molecule has 1 heterocycles. The van der Waals surface area contributed by atoms with E-state index in [2.05, 4.69) is 20.6 Å². The van der Waals surface area contributed by atoms with Crippen molar-refractivity contribution in [2.24, 2.45) is 0 Å². The second-order valence-corrected chi connectivity index (χ2v) is 7.22. The van der Waals surface area contributed by atoms with E-state index in [1.807, 2.05) is 6.07 Å². The molecule has 1 unspecified atom stereocenters. The Morgan fingerprint density at radius 2 is 1.83 bits per heavy atom. The van der Waals surface area contributed by atoms with E-state index in [1.54, 1.807) is 0 Å². The monoisotopic (exact) mass is 417 g/mol. The normalized spacial score (nSPS) is 15.6. The quantitative estimate of drug-likeness (QED) is 0.777. The molecule has 10 heteroatoms. The van der Waals surface area contributed by atoms with E-state index in [0.717, 1.165) is 12.1 Å². The van der Waals surface area contributed by atoms with E-state index in [9.17, 15) is 22.8 Å². The van der Waals surface area contributed by atoms with Crippen LogP contribution in [0.2, 0.25) is 0 Å². The summed E-state index contributed by atoms with van der Waals surface area (Å²) < 4.78 is 39.1. The van der Waals surface area contributed by atoms with Crippen molar-refractivity contribution in [3.8, 4) is 6.07 Å². The number of carbonyl (C=O) groups excluding carboxylic acids is 2. The lowest BCUT2D eigenvalue weighted by atomic mass is 10.0. The van der Waals surface area contributed by atoms with Gasteiger partial charge in [0.2, 0.25) is 0 Å². The molecular weight excluding hydrogens is 399 g/mol. The van der Waals surface area contributed by atoms with Crippen molar-refractivity contribution in [2.75, 3.05) is 0 Å². The van der Waals surface area contributed by atoms with Crippen LogP contribution in [0, 0.1) is 18.3 Å². The highest BCUT2D eigenvalue weighted by Crippen LogP contribution is 2.34. The molecular formula is C20H18F3N5O2. The van der Waals surface area contributed by atoms with E-state index < -0.39 is 35.1 Å². The summed E-state index contributed by atoms with van der Waals surface area (Å²) in [5.41, 5.74) is -1.63. The van der Waals surface area contributed by atoms with Crippen LogP contribution in [0.4, 0.5) is 13.2 Å². The molecule has 1 saturated carbocycles. The molecule has 0 bridgehead atoms. The standard InChI is InChI=1S/C20H18F3N5O2/c1-11-7-13(9-14(8-11)20(21,22)23)17(29)27-12(2)15-16(26-6-5-25-15)18(30)28-19(10-24)3-4-19/h5-9,12H,3-4H2,1-2H3,(H,27,29)(H,28,30). The first-order valence-electron chi connectivity index (χ1n) is 9.09. The van der Waals surface area contributed by atoms with Crippen molar-refractivity contribution in [1.82, 2.24) is 20.6 Å². The SMILES string of the molecule is Cc1cc(C(=O)NC(C)c2nccnc2C(=O)NC2(C#N)CC2)cc(C(F)(F)F)c1. The number of hydrogen-bond acceptors (Lipinski definition) is 5. The Balaban J connectivity index is 1.81. The van der Waals surface area contributed by atoms with Gasteiger partial charge in [0.15, 0.2) is 5.69 Å². The van der Waals surface area contributed by atoms with Gasteiger partial charge in [-0.2, -0.15) is 18.4 Å². The summed E-state index contributed by atoms with van der Waals surface area (Å²) in [6.45, 7) is 3.00. The van der Waals surface area contributed by atoms with Gasteiger partial charge in [0.1, 0.15) is 5.54 Å². The number of nitrogens with one attached hydrogen (secondary N) is 2. The molecule has 1 fully saturated rings. The molecule has 2 amide bonds. The molecule has 3 rings (SSSR count). The van der Waals surface area contributed by atoms with Gasteiger partial charge in [0, 0.05) is 18.0 Å². The molecule has 1 aliphatic carbocycles. The van der Waals surface area contributed by atoms with Crippen LogP contribution in [-0.2, 0) is 6.18 Å². The Kier molecular flexibility index (Phi) is 5.48. The van der Waals surface area contributed by atoms with Crippen molar-refractivity contribution in [1.29, 1.82) is 5.26 Å². The third-order valence-electron chi connectivity index (χ3n) is 4.68. The molecule has 2 N–H and O–H groups in total. The summed E-state index contributed by atoms with van der Waals surface area (Å²) in [4.78, 5) is 33.2. The summed E-state index contributed by atoms with van der Waals surface area (Å²) in [6, 6.07) is 4.27. The fraction of sp³-hybridized carbons (Fsp3) is 0.350. The summed E-state index contributed by atoms with van der Waals surface area (Å²) in [6.07, 6.45) is -0.879. The third-order valence-corrected chi connectivity index (χ3v) is 4.68. The Bertz CT molecular complexity index is 1040. The molecule has 1 aromatic carbocycles. The number of alkyl halides is 3. The molecule has 1 aliphatic rings. The number of aryl methyl sites for hydroxylation is 1. The molecule has 0 aliphatic heterocycles. The smallest absolute Gasteiger partial charge is 0.344 e. The van der Waals surface area contributed by atoms with Crippen molar-refractivity contribution >= 4 is 11.8 Å². The van der Waals surface area contributed by atoms with Crippen molar-refractivity contribution < 1.29 is 22.8 Å². The molecule has 0 spiro atoms. The predicted molar refractivity (Wildman–Crippen MR) is 99.1 cm³/mol. The zero-order chi connectivity index (χ0) is 22.1. The van der Waals surface area contributed by atoms with E-state index in [-0.39, 0.29) is 22.5 Å². The molecule has 156 valence electrons. The van der Waals surface area contributed by atoms with Crippen LogP contribution in [0.25, 0.3) is 0 Å². The first-order valence-corrected chi connectivity index (χ1v) is 9.09. The highest BCUT2D eigenvalue weighted by Gasteiger charge is 2.45. The summed E-state index contributed by atoms with van der Waals surface area (Å²) >= 11 is 0. The van der Waals surface area contributed by atoms with Crippen LogP contribution < -0.4 is 10.6 Å². The van der Waals surface area contributed by atoms with E-state index in [1.165, 1.54) is 32.3 Å². The van der Waals surface area contributed by atoms with Crippen LogP contribution in [0.5, 0.6) is 0 Å². The second-order valence-electron chi connectivity index (χ2n) is 7.22. The minimum absolute atomic E-state index is 0.0629. The summed E-state index contributed by atoms with van der Waals surface area (Å²) in [5.74, 6) is -1.35. The van der Waals surface area contributed by atoms with Crippen LogP contribution in [0.15, 0.2) is 30.6 Å². The minimum Gasteiger partial charge on any atom is -0.344 e. The number of nitrogens with zero attached hydrogens (tertiary/aromatic N) is 3. The Morgan fingerprint density at radius 1 is 1.17 bits per heavy atom. The minimum atomic E-state index is -4.58. The average molecular weight is 417 g/mol. The summed E-state index contributed by atoms with van der Waals surface area (Å²) in [7, 11) is 0.